The fraction of sp³-hybridized carbons (Fsp3) is 0.118. The van der Waals surface area contributed by atoms with E-state index in [0.29, 0.717) is 17.1 Å². The SMILES string of the molecule is C=C(CN1Cc2c(cccc2-c2cnc(N)c(Cl)c2)C1=O)C(N)=O. The van der Waals surface area contributed by atoms with Crippen molar-refractivity contribution in [2.75, 3.05) is 12.3 Å². The number of aromatic nitrogens is 1. The Morgan fingerprint density at radius 3 is 2.75 bits per heavy atom. The van der Waals surface area contributed by atoms with Gasteiger partial charge in [-0.3, -0.25) is 9.59 Å². The van der Waals surface area contributed by atoms with Gasteiger partial charge in [0, 0.05) is 29.4 Å². The fourth-order valence-electron chi connectivity index (χ4n) is 2.69. The highest BCUT2D eigenvalue weighted by Crippen LogP contribution is 2.34. The van der Waals surface area contributed by atoms with Crippen molar-refractivity contribution < 1.29 is 9.59 Å². The van der Waals surface area contributed by atoms with Gasteiger partial charge in [0.15, 0.2) is 0 Å². The number of fused-ring (bicyclic) bond motifs is 1. The lowest BCUT2D eigenvalue weighted by atomic mass is 9.98. The second-order valence-corrected chi connectivity index (χ2v) is 5.96. The molecule has 0 saturated heterocycles. The van der Waals surface area contributed by atoms with Crippen LogP contribution in [0.3, 0.4) is 0 Å². The minimum atomic E-state index is -0.617. The number of pyridine rings is 1. The summed E-state index contributed by atoms with van der Waals surface area (Å²) >= 11 is 6.05. The van der Waals surface area contributed by atoms with Crippen molar-refractivity contribution in [3.63, 3.8) is 0 Å². The molecule has 0 bridgehead atoms. The number of anilines is 1. The van der Waals surface area contributed by atoms with Crippen LogP contribution in [0.4, 0.5) is 5.82 Å². The second-order valence-electron chi connectivity index (χ2n) is 5.55. The molecule has 1 aliphatic heterocycles. The molecule has 3 rings (SSSR count). The minimum absolute atomic E-state index is 0.100. The van der Waals surface area contributed by atoms with Crippen molar-refractivity contribution in [1.82, 2.24) is 9.88 Å². The summed E-state index contributed by atoms with van der Waals surface area (Å²) in [6, 6.07) is 7.15. The highest BCUT2D eigenvalue weighted by Gasteiger charge is 2.30. The predicted octanol–water partition coefficient (Wildman–Crippen LogP) is 1.98. The Bertz CT molecular complexity index is 879. The van der Waals surface area contributed by atoms with Crippen LogP contribution in [0.15, 0.2) is 42.6 Å². The Kier molecular flexibility index (Phi) is 3.99. The van der Waals surface area contributed by atoms with Crippen molar-refractivity contribution >= 4 is 29.2 Å². The van der Waals surface area contributed by atoms with Crippen LogP contribution in [0, 0.1) is 0 Å². The van der Waals surface area contributed by atoms with Gasteiger partial charge in [-0.25, -0.2) is 4.98 Å². The lowest BCUT2D eigenvalue weighted by Gasteiger charge is -2.15. The Balaban J connectivity index is 1.98. The monoisotopic (exact) mass is 342 g/mol. The molecule has 2 heterocycles. The van der Waals surface area contributed by atoms with Crippen molar-refractivity contribution in [2.24, 2.45) is 5.73 Å². The highest BCUT2D eigenvalue weighted by molar-refractivity contribution is 6.33. The number of hydrogen-bond acceptors (Lipinski definition) is 4. The zero-order chi connectivity index (χ0) is 17.4. The van der Waals surface area contributed by atoms with Gasteiger partial charge in [0.1, 0.15) is 5.82 Å². The van der Waals surface area contributed by atoms with Crippen molar-refractivity contribution in [2.45, 2.75) is 6.54 Å². The van der Waals surface area contributed by atoms with Crippen LogP contribution in [-0.2, 0) is 11.3 Å². The molecule has 0 fully saturated rings. The van der Waals surface area contributed by atoms with Gasteiger partial charge < -0.3 is 16.4 Å². The van der Waals surface area contributed by atoms with Gasteiger partial charge in [0.05, 0.1) is 11.6 Å². The van der Waals surface area contributed by atoms with E-state index < -0.39 is 5.91 Å². The molecule has 24 heavy (non-hydrogen) atoms. The summed E-state index contributed by atoms with van der Waals surface area (Å²) < 4.78 is 0. The molecule has 0 saturated carbocycles. The third-order valence-electron chi connectivity index (χ3n) is 3.95. The number of hydrogen-bond donors (Lipinski definition) is 2. The molecule has 4 N–H and O–H groups in total. The number of carbonyl (C=O) groups is 2. The number of benzene rings is 1. The van der Waals surface area contributed by atoms with Crippen LogP contribution in [-0.4, -0.2) is 28.2 Å². The maximum atomic E-state index is 12.5. The summed E-state index contributed by atoms with van der Waals surface area (Å²) in [6.07, 6.45) is 1.62. The summed E-state index contributed by atoms with van der Waals surface area (Å²) in [5.74, 6) is -0.527. The third-order valence-corrected chi connectivity index (χ3v) is 4.26. The van der Waals surface area contributed by atoms with E-state index in [2.05, 4.69) is 11.6 Å². The van der Waals surface area contributed by atoms with Crippen molar-refractivity contribution in [3.05, 3.63) is 58.8 Å². The summed E-state index contributed by atoms with van der Waals surface area (Å²) in [5.41, 5.74) is 14.1. The molecule has 122 valence electrons. The summed E-state index contributed by atoms with van der Waals surface area (Å²) in [6.45, 7) is 4.07. The van der Waals surface area contributed by atoms with Gasteiger partial charge in [0.2, 0.25) is 5.91 Å². The third kappa shape index (κ3) is 2.72. The number of nitrogen functional groups attached to an aromatic ring is 1. The average Bonchev–Trinajstić information content (AvgIpc) is 2.86. The molecule has 1 aliphatic rings. The summed E-state index contributed by atoms with van der Waals surface area (Å²) in [4.78, 5) is 29.3. The van der Waals surface area contributed by atoms with Gasteiger partial charge >= 0.3 is 0 Å². The molecule has 0 atom stereocenters. The van der Waals surface area contributed by atoms with Crippen LogP contribution in [0.5, 0.6) is 0 Å². The lowest BCUT2D eigenvalue weighted by Crippen LogP contribution is -2.30. The first kappa shape index (κ1) is 16.0. The number of amides is 2. The average molecular weight is 343 g/mol. The Labute approximate surface area is 143 Å². The molecule has 0 radical (unpaired) electrons. The summed E-state index contributed by atoms with van der Waals surface area (Å²) in [5, 5.41) is 0.355. The number of nitrogens with zero attached hydrogens (tertiary/aromatic N) is 2. The topological polar surface area (TPSA) is 102 Å². The van der Waals surface area contributed by atoms with Gasteiger partial charge in [0.25, 0.3) is 5.91 Å². The summed E-state index contributed by atoms with van der Waals surface area (Å²) in [7, 11) is 0. The van der Waals surface area contributed by atoms with E-state index in [1.807, 2.05) is 6.07 Å². The molecule has 7 heteroatoms. The molecule has 0 spiro atoms. The van der Waals surface area contributed by atoms with Crippen LogP contribution < -0.4 is 11.5 Å². The zero-order valence-corrected chi connectivity index (χ0v) is 13.5. The molecule has 6 nitrogen and oxygen atoms in total. The number of rotatable bonds is 4. The van der Waals surface area contributed by atoms with Gasteiger partial charge in [-0.05, 0) is 23.3 Å². The quantitative estimate of drug-likeness (QED) is 0.829. The number of nitrogens with two attached hydrogens (primary N) is 2. The maximum absolute atomic E-state index is 12.5. The standard InChI is InChI=1S/C17H15ClN4O2/c1-9(16(20)23)7-22-8-13-11(3-2-4-12(13)17(22)24)10-5-14(18)15(19)21-6-10/h2-6H,1,7-8H2,(H2,19,21)(H2,20,23). The molecular weight excluding hydrogens is 328 g/mol. The molecule has 1 aromatic carbocycles. The van der Waals surface area contributed by atoms with Crippen LogP contribution >= 0.6 is 11.6 Å². The van der Waals surface area contributed by atoms with E-state index >= 15 is 0 Å². The number of carbonyl (C=O) groups excluding carboxylic acids is 2. The first-order chi connectivity index (χ1) is 11.4. The molecule has 1 aromatic heterocycles. The second kappa shape index (κ2) is 5.98. The Hall–Kier alpha value is -2.86. The van der Waals surface area contributed by atoms with Crippen LogP contribution in [0.2, 0.25) is 5.02 Å². The molecule has 2 aromatic rings. The van der Waals surface area contributed by atoms with Gasteiger partial charge in [-0.15, -0.1) is 0 Å². The Morgan fingerprint density at radius 2 is 2.08 bits per heavy atom. The zero-order valence-electron chi connectivity index (χ0n) is 12.8. The smallest absolute Gasteiger partial charge is 0.254 e. The van der Waals surface area contributed by atoms with E-state index in [1.165, 1.54) is 4.90 Å². The van der Waals surface area contributed by atoms with E-state index in [1.54, 1.807) is 24.4 Å². The molecule has 0 aliphatic carbocycles. The van der Waals surface area contributed by atoms with Gasteiger partial charge in [-0.1, -0.05) is 30.3 Å². The van der Waals surface area contributed by atoms with Crippen molar-refractivity contribution in [3.8, 4) is 11.1 Å². The largest absolute Gasteiger partial charge is 0.382 e. The molecular formula is C17H15ClN4O2. The first-order valence-corrected chi connectivity index (χ1v) is 7.56. The highest BCUT2D eigenvalue weighted by atomic mass is 35.5. The maximum Gasteiger partial charge on any atom is 0.254 e. The lowest BCUT2D eigenvalue weighted by molar-refractivity contribution is -0.114. The van der Waals surface area contributed by atoms with E-state index in [-0.39, 0.29) is 23.8 Å². The number of halogens is 1. The van der Waals surface area contributed by atoms with Crippen LogP contribution in [0.1, 0.15) is 15.9 Å². The molecule has 0 unspecified atom stereocenters. The minimum Gasteiger partial charge on any atom is -0.382 e. The Morgan fingerprint density at radius 1 is 1.38 bits per heavy atom. The first-order valence-electron chi connectivity index (χ1n) is 7.18. The van der Waals surface area contributed by atoms with E-state index in [9.17, 15) is 9.59 Å². The normalized spacial score (nSPS) is 13.0. The van der Waals surface area contributed by atoms with Crippen LogP contribution in [0.25, 0.3) is 11.1 Å². The van der Waals surface area contributed by atoms with E-state index in [0.717, 1.165) is 16.7 Å². The number of primary amides is 1. The van der Waals surface area contributed by atoms with Gasteiger partial charge in [-0.2, -0.15) is 0 Å². The van der Waals surface area contributed by atoms with Crippen molar-refractivity contribution in [1.29, 1.82) is 0 Å². The predicted molar refractivity (Wildman–Crippen MR) is 92.2 cm³/mol. The van der Waals surface area contributed by atoms with E-state index in [4.69, 9.17) is 23.1 Å². The fourth-order valence-corrected chi connectivity index (χ4v) is 2.86. The molecule has 2 amide bonds.